The summed E-state index contributed by atoms with van der Waals surface area (Å²) < 4.78 is 10.4. The molecule has 0 saturated carbocycles. The second-order valence-corrected chi connectivity index (χ2v) is 0.504. The molecule has 0 heterocycles. The van der Waals surface area contributed by atoms with Crippen molar-refractivity contribution in [1.29, 1.82) is 0 Å². The molecule has 0 radical (unpaired) electrons. The number of rotatable bonds is 0. The monoisotopic (exact) mass is 82.0 g/mol. The highest BCUT2D eigenvalue weighted by atomic mass is 37.0. The van der Waals surface area contributed by atoms with Crippen LogP contribution in [0.1, 0.15) is 0 Å². The Hall–Kier alpha value is -0.0400. The fraction of sp³-hybridized carbons (Fsp3) is 0. The summed E-state index contributed by atoms with van der Waals surface area (Å²) in [6.45, 7) is 0. The molecule has 0 aliphatic rings. The van der Waals surface area contributed by atoms with Gasteiger partial charge < -0.3 is 0 Å². The van der Waals surface area contributed by atoms with Crippen LogP contribution in [0, 0.1) is 0 Å². The van der Waals surface area contributed by atoms with Crippen LogP contribution in [0.3, 0.4) is 0 Å². The molecule has 0 unspecified atom stereocenters. The maximum atomic E-state index is 10.4. The molecule has 0 rings (SSSR count). The van der Waals surface area contributed by atoms with Gasteiger partial charge in [-0.25, -0.2) is 4.39 Å². The lowest BCUT2D eigenvalue weighted by atomic mass is 11.2. The van der Waals surface area contributed by atoms with Crippen molar-refractivity contribution in [3.8, 4) is 0 Å². The van der Waals surface area contributed by atoms with Crippen molar-refractivity contribution in [2.75, 3.05) is 0 Å². The van der Waals surface area contributed by atoms with E-state index in [-0.39, 0.29) is 6.33 Å². The van der Waals surface area contributed by atoms with E-state index in [9.17, 15) is 4.39 Å². The van der Waals surface area contributed by atoms with Crippen molar-refractivity contribution in [1.82, 2.24) is 0 Å². The van der Waals surface area contributed by atoms with Crippen LogP contribution in [0.15, 0.2) is 11.9 Å². The molecule has 0 aliphatic heterocycles. The molecule has 0 amide bonds. The van der Waals surface area contributed by atoms with Crippen LogP contribution in [-0.2, 0) is 0 Å². The second kappa shape index (κ2) is 2.96. The molecule has 0 spiro atoms. The standard InChI is InChI=1S/C2H2ClF/c3-1-2-4/h1-2H/b2-1+/i3+2. The summed E-state index contributed by atoms with van der Waals surface area (Å²) in [7, 11) is 0. The molecule has 0 aliphatic carbocycles. The molecule has 0 nitrogen and oxygen atoms in total. The highest BCUT2D eigenvalue weighted by Gasteiger charge is 1.41. The third-order valence-electron chi connectivity index (χ3n) is 0.0476. The molecule has 0 atom stereocenters. The maximum Gasteiger partial charge on any atom is 0.0979 e. The van der Waals surface area contributed by atoms with Crippen molar-refractivity contribution in [2.45, 2.75) is 0 Å². The van der Waals surface area contributed by atoms with E-state index in [4.69, 9.17) is 0 Å². The predicted molar refractivity (Wildman–Crippen MR) is 16.1 cm³/mol. The Bertz CT molecular complexity index is 21.2. The Morgan fingerprint density at radius 2 is 2.00 bits per heavy atom. The van der Waals surface area contributed by atoms with Gasteiger partial charge in [-0.05, 0) is 0 Å². The fourth-order valence-corrected chi connectivity index (χ4v) is 0. The number of halogens is 2. The van der Waals surface area contributed by atoms with E-state index >= 15 is 0 Å². The number of hydrogen-bond acceptors (Lipinski definition) is 0. The van der Waals surface area contributed by atoms with Crippen LogP contribution in [0.25, 0.3) is 0 Å². The van der Waals surface area contributed by atoms with E-state index in [2.05, 4.69) is 11.6 Å². The van der Waals surface area contributed by atoms with Gasteiger partial charge in [-0.2, -0.15) is 0 Å². The molecule has 0 bridgehead atoms. The van der Waals surface area contributed by atoms with Crippen LogP contribution >= 0.6 is 11.6 Å². The normalized spacial score (nSPS) is 9.50. The van der Waals surface area contributed by atoms with Gasteiger partial charge in [0, 0.05) is 5.54 Å². The molecule has 0 N–H and O–H groups in total. The minimum Gasteiger partial charge on any atom is -0.215 e. The van der Waals surface area contributed by atoms with E-state index in [1.807, 2.05) is 0 Å². The third kappa shape index (κ3) is 1.96. The molecule has 4 heavy (non-hydrogen) atoms. The highest BCUT2D eigenvalue weighted by molar-refractivity contribution is 6.25. The van der Waals surface area contributed by atoms with Crippen LogP contribution in [0.5, 0.6) is 0 Å². The van der Waals surface area contributed by atoms with E-state index < -0.39 is 0 Å². The van der Waals surface area contributed by atoms with Crippen molar-refractivity contribution >= 4 is 11.6 Å². The highest BCUT2D eigenvalue weighted by Crippen LogP contribution is 1.73. The van der Waals surface area contributed by atoms with E-state index in [0.29, 0.717) is 0 Å². The zero-order valence-electron chi connectivity index (χ0n) is 1.91. The Kier molecular flexibility index (Phi) is 2.93. The first-order valence-corrected chi connectivity index (χ1v) is 1.21. The summed E-state index contributed by atoms with van der Waals surface area (Å²) in [5.74, 6) is 0. The average Bonchev–Trinajstić information content (AvgIpc) is 1.37. The van der Waals surface area contributed by atoms with Crippen LogP contribution in [0.2, 0.25) is 0 Å². The van der Waals surface area contributed by atoms with E-state index in [0.717, 1.165) is 5.54 Å². The van der Waals surface area contributed by atoms with Gasteiger partial charge in [-0.3, -0.25) is 0 Å². The summed E-state index contributed by atoms with van der Waals surface area (Å²) in [5, 5.41) is 0. The molecule has 0 aromatic carbocycles. The fourth-order valence-electron chi connectivity index (χ4n) is 0. The van der Waals surface area contributed by atoms with Crippen LogP contribution in [0.4, 0.5) is 4.39 Å². The van der Waals surface area contributed by atoms with Gasteiger partial charge in [-0.1, -0.05) is 11.6 Å². The van der Waals surface area contributed by atoms with Crippen molar-refractivity contribution in [3.63, 3.8) is 0 Å². The smallest absolute Gasteiger partial charge is 0.0979 e. The predicted octanol–water partition coefficient (Wildman–Crippen LogP) is 1.67. The second-order valence-electron chi connectivity index (χ2n) is 0.252. The lowest BCUT2D eigenvalue weighted by Crippen LogP contribution is -1.14. The number of hydrogen-bond donors (Lipinski definition) is 0. The van der Waals surface area contributed by atoms with Gasteiger partial charge >= 0.3 is 0 Å². The zero-order chi connectivity index (χ0) is 3.41. The van der Waals surface area contributed by atoms with Gasteiger partial charge in [0.1, 0.15) is 0 Å². The molecular formula is C2H2ClF. The zero-order valence-corrected chi connectivity index (χ0v) is 2.67. The quantitative estimate of drug-likeness (QED) is 0.417. The Balaban J connectivity index is 2.55. The van der Waals surface area contributed by atoms with Gasteiger partial charge in [0.25, 0.3) is 0 Å². The van der Waals surface area contributed by atoms with E-state index in [1.165, 1.54) is 0 Å². The molecule has 0 saturated heterocycles. The summed E-state index contributed by atoms with van der Waals surface area (Å²) in [5.41, 5.74) is 0.806. The van der Waals surface area contributed by atoms with Gasteiger partial charge in [0.05, 0.1) is 6.33 Å². The lowest BCUT2D eigenvalue weighted by molar-refractivity contribution is 0.723. The molecule has 0 fully saturated rings. The van der Waals surface area contributed by atoms with Crippen LogP contribution < -0.4 is 0 Å². The van der Waals surface area contributed by atoms with E-state index in [1.54, 1.807) is 0 Å². The minimum atomic E-state index is 0.265. The van der Waals surface area contributed by atoms with Gasteiger partial charge in [0.15, 0.2) is 0 Å². The molecule has 0 aromatic heterocycles. The summed E-state index contributed by atoms with van der Waals surface area (Å²) in [6.07, 6.45) is 0.265. The SMILES string of the molecule is F/C=C/[37Cl]. The Morgan fingerprint density at radius 1 is 1.75 bits per heavy atom. The maximum absolute atomic E-state index is 10.4. The topological polar surface area (TPSA) is 0 Å². The van der Waals surface area contributed by atoms with Gasteiger partial charge in [0.2, 0.25) is 0 Å². The largest absolute Gasteiger partial charge is 0.215 e. The minimum absolute atomic E-state index is 0.265. The molecular weight excluding hydrogens is 80.0 g/mol. The van der Waals surface area contributed by atoms with Gasteiger partial charge in [-0.15, -0.1) is 0 Å². The first-order chi connectivity index (χ1) is 1.91. The summed E-state index contributed by atoms with van der Waals surface area (Å²) in [6, 6.07) is 0. The molecule has 24 valence electrons. The van der Waals surface area contributed by atoms with Crippen molar-refractivity contribution in [3.05, 3.63) is 11.9 Å². The molecule has 2 heteroatoms. The summed E-state index contributed by atoms with van der Waals surface area (Å²) >= 11 is 4.63. The average molecular weight is 82.0 g/mol. The first-order valence-electron chi connectivity index (χ1n) is 0.770. The Morgan fingerprint density at radius 3 is 2.00 bits per heavy atom. The lowest BCUT2D eigenvalue weighted by Gasteiger charge is -1.43. The summed E-state index contributed by atoms with van der Waals surface area (Å²) in [4.78, 5) is 0. The van der Waals surface area contributed by atoms with Crippen molar-refractivity contribution in [2.24, 2.45) is 0 Å². The third-order valence-corrected chi connectivity index (χ3v) is 0.143. The molecule has 0 aromatic rings. The van der Waals surface area contributed by atoms with Crippen molar-refractivity contribution < 1.29 is 4.39 Å². The van der Waals surface area contributed by atoms with Crippen LogP contribution in [-0.4, -0.2) is 0 Å². The Labute approximate surface area is 28.9 Å². The first kappa shape index (κ1) is 3.96.